The lowest BCUT2D eigenvalue weighted by atomic mass is 9.68. The van der Waals surface area contributed by atoms with Crippen LogP contribution in [0.4, 0.5) is 14.5 Å². The largest absolute Gasteiger partial charge is 0.471 e. The molecule has 3 saturated carbocycles. The minimum atomic E-state index is -0.453. The van der Waals surface area contributed by atoms with Crippen LogP contribution < -0.4 is 5.32 Å². The second kappa shape index (κ2) is 9.35. The molecule has 0 amide bonds. The number of aromatic amines is 1. The fourth-order valence-electron chi connectivity index (χ4n) is 4.95. The molecule has 1 aromatic carbocycles. The van der Waals surface area contributed by atoms with Crippen molar-refractivity contribution in [3.8, 4) is 17.2 Å². The zero-order valence-corrected chi connectivity index (χ0v) is 17.7. The molecule has 2 aromatic heterocycles. The zero-order valence-electron chi connectivity index (χ0n) is 17.7. The number of rotatable bonds is 4. The predicted molar refractivity (Wildman–Crippen MR) is 117 cm³/mol. The topological polar surface area (TPSA) is 90.8 Å². The van der Waals surface area contributed by atoms with Crippen LogP contribution in [0, 0.1) is 34.8 Å². The number of ether oxygens (including phenoxy) is 1. The molecule has 3 aliphatic carbocycles. The molecule has 1 unspecified atom stereocenters. The zero-order chi connectivity index (χ0) is 22.7. The van der Waals surface area contributed by atoms with Gasteiger partial charge in [-0.1, -0.05) is 12.8 Å². The molecule has 8 heteroatoms. The van der Waals surface area contributed by atoms with E-state index in [1.54, 1.807) is 12.3 Å². The maximum absolute atomic E-state index is 14.7. The highest BCUT2D eigenvalue weighted by atomic mass is 19.1. The van der Waals surface area contributed by atoms with Gasteiger partial charge < -0.3 is 15.0 Å². The molecule has 2 bridgehead atoms. The van der Waals surface area contributed by atoms with Gasteiger partial charge in [-0.05, 0) is 49.3 Å². The number of carbonyl (C=O) groups is 1. The van der Waals surface area contributed by atoms with E-state index in [1.807, 2.05) is 0 Å². The maximum Gasteiger partial charge on any atom is 0.292 e. The average Bonchev–Trinajstić information content (AvgIpc) is 3.24. The summed E-state index contributed by atoms with van der Waals surface area (Å²) in [5.41, 5.74) is 2.38. The van der Waals surface area contributed by atoms with Gasteiger partial charge in [0.2, 0.25) is 0 Å². The van der Waals surface area contributed by atoms with Crippen molar-refractivity contribution in [3.63, 3.8) is 0 Å². The van der Waals surface area contributed by atoms with E-state index in [4.69, 9.17) is 4.79 Å². The molecule has 32 heavy (non-hydrogen) atoms. The van der Waals surface area contributed by atoms with E-state index in [9.17, 15) is 14.0 Å². The van der Waals surface area contributed by atoms with E-state index >= 15 is 0 Å². The van der Waals surface area contributed by atoms with E-state index < -0.39 is 11.6 Å². The monoisotopic (exact) mass is 438 g/mol. The first kappa shape index (κ1) is 21.8. The summed E-state index contributed by atoms with van der Waals surface area (Å²) in [6, 6.07) is 6.67. The standard InChI is InChI=1S/C22H20F2N4.C2H4O2/c23-15-7-17-18(11-27-22(17)26-10-15)16-8-21(19(24)6-14(16)9-25)28-20-5-12-1-3-13(20)4-2-12;1-4-2-3/h6-8,10-13,20,28H,1-5H2,(H,26,27);2H,1H3. The normalized spacial score (nSPS) is 21.4. The van der Waals surface area contributed by atoms with Gasteiger partial charge >= 0.3 is 0 Å². The van der Waals surface area contributed by atoms with Gasteiger partial charge in [-0.15, -0.1) is 0 Å². The van der Waals surface area contributed by atoms with Crippen LogP contribution in [0.1, 0.15) is 37.7 Å². The lowest BCUT2D eigenvalue weighted by Gasteiger charge is -2.43. The molecule has 0 saturated heterocycles. The summed E-state index contributed by atoms with van der Waals surface area (Å²) in [6.07, 6.45) is 8.85. The Morgan fingerprint density at radius 1 is 1.22 bits per heavy atom. The Morgan fingerprint density at radius 2 is 1.97 bits per heavy atom. The Morgan fingerprint density at radius 3 is 2.59 bits per heavy atom. The summed E-state index contributed by atoms with van der Waals surface area (Å²) < 4.78 is 32.3. The number of nitrogens with one attached hydrogen (secondary N) is 2. The van der Waals surface area contributed by atoms with E-state index in [2.05, 4.69) is 26.1 Å². The number of fused-ring (bicyclic) bond motifs is 4. The summed E-state index contributed by atoms with van der Waals surface area (Å²) in [4.78, 5) is 16.0. The lowest BCUT2D eigenvalue weighted by molar-refractivity contribution is -0.126. The van der Waals surface area contributed by atoms with Crippen LogP contribution in [0.15, 0.2) is 30.6 Å². The molecule has 6 nitrogen and oxygen atoms in total. The van der Waals surface area contributed by atoms with Crippen LogP contribution in [0.5, 0.6) is 0 Å². The summed E-state index contributed by atoms with van der Waals surface area (Å²) in [5, 5.41) is 13.5. The second-order valence-corrected chi connectivity index (χ2v) is 8.34. The molecule has 2 heterocycles. The van der Waals surface area contributed by atoms with Crippen LogP contribution in [-0.4, -0.2) is 29.6 Å². The number of hydrogen-bond acceptors (Lipinski definition) is 5. The minimum absolute atomic E-state index is 0.221. The summed E-state index contributed by atoms with van der Waals surface area (Å²) in [5.74, 6) is 0.428. The van der Waals surface area contributed by atoms with Gasteiger partial charge in [0.25, 0.3) is 6.47 Å². The summed E-state index contributed by atoms with van der Waals surface area (Å²) >= 11 is 0. The number of anilines is 1. The summed E-state index contributed by atoms with van der Waals surface area (Å²) in [7, 11) is 1.31. The Kier molecular flexibility index (Phi) is 6.35. The highest BCUT2D eigenvalue weighted by Gasteiger charge is 2.35. The lowest BCUT2D eigenvalue weighted by Crippen LogP contribution is -2.40. The molecule has 3 aromatic rings. The van der Waals surface area contributed by atoms with Gasteiger partial charge in [-0.2, -0.15) is 5.26 Å². The molecular weight excluding hydrogens is 414 g/mol. The van der Waals surface area contributed by atoms with Crippen LogP contribution in [0.3, 0.4) is 0 Å². The number of nitrogens with zero attached hydrogens (tertiary/aromatic N) is 2. The van der Waals surface area contributed by atoms with E-state index in [0.717, 1.165) is 18.5 Å². The fourth-order valence-corrected chi connectivity index (χ4v) is 4.95. The first-order chi connectivity index (χ1) is 15.5. The Hall–Kier alpha value is -3.47. The van der Waals surface area contributed by atoms with Crippen molar-refractivity contribution in [1.29, 1.82) is 5.26 Å². The number of hydrogen-bond donors (Lipinski definition) is 2. The van der Waals surface area contributed by atoms with Gasteiger partial charge in [0.05, 0.1) is 30.6 Å². The predicted octanol–water partition coefficient (Wildman–Crippen LogP) is 5.16. The number of nitriles is 1. The third kappa shape index (κ3) is 4.28. The SMILES string of the molecule is COC=O.N#Cc1cc(F)c(NC2CC3CCC2CC3)cc1-c1c[nH]c2ncc(F)cc12. The number of halogens is 2. The number of aromatic nitrogens is 2. The quantitative estimate of drug-likeness (QED) is 0.549. The molecule has 0 spiro atoms. The smallest absolute Gasteiger partial charge is 0.292 e. The van der Waals surface area contributed by atoms with Crippen LogP contribution in [-0.2, 0) is 9.53 Å². The second-order valence-electron chi connectivity index (χ2n) is 8.34. The molecule has 0 aliphatic heterocycles. The molecule has 3 fully saturated rings. The molecule has 2 N–H and O–H groups in total. The van der Waals surface area contributed by atoms with Crippen molar-refractivity contribution in [1.82, 2.24) is 9.97 Å². The minimum Gasteiger partial charge on any atom is -0.471 e. The highest BCUT2D eigenvalue weighted by molar-refractivity contribution is 5.95. The fraction of sp³-hybridized carbons (Fsp3) is 0.375. The number of benzene rings is 1. The van der Waals surface area contributed by atoms with Gasteiger partial charge in [0.15, 0.2) is 0 Å². The Balaban J connectivity index is 0.000000567. The van der Waals surface area contributed by atoms with Crippen molar-refractivity contribution in [2.45, 2.75) is 38.1 Å². The third-order valence-electron chi connectivity index (χ3n) is 6.50. The number of H-pyrrole nitrogens is 1. The van der Waals surface area contributed by atoms with Crippen molar-refractivity contribution in [3.05, 3.63) is 47.8 Å². The number of pyridine rings is 1. The van der Waals surface area contributed by atoms with Gasteiger partial charge in [-0.25, -0.2) is 13.8 Å². The van der Waals surface area contributed by atoms with Crippen molar-refractivity contribution in [2.75, 3.05) is 12.4 Å². The van der Waals surface area contributed by atoms with Crippen LogP contribution in [0.2, 0.25) is 0 Å². The molecule has 0 radical (unpaired) electrons. The third-order valence-corrected chi connectivity index (χ3v) is 6.50. The molecule has 166 valence electrons. The van der Waals surface area contributed by atoms with Gasteiger partial charge in [-0.3, -0.25) is 4.79 Å². The van der Waals surface area contributed by atoms with Crippen LogP contribution >= 0.6 is 0 Å². The highest BCUT2D eigenvalue weighted by Crippen LogP contribution is 2.43. The first-order valence-corrected chi connectivity index (χ1v) is 10.6. The molecule has 6 rings (SSSR count). The van der Waals surface area contributed by atoms with Crippen molar-refractivity contribution in [2.24, 2.45) is 11.8 Å². The molecule has 3 aliphatic rings. The van der Waals surface area contributed by atoms with E-state index in [0.29, 0.717) is 40.2 Å². The van der Waals surface area contributed by atoms with E-state index in [1.165, 1.54) is 44.9 Å². The van der Waals surface area contributed by atoms with Crippen molar-refractivity contribution >= 4 is 23.2 Å². The number of carbonyl (C=O) groups excluding carboxylic acids is 1. The summed E-state index contributed by atoms with van der Waals surface area (Å²) in [6.45, 7) is 0.375. The average molecular weight is 438 g/mol. The first-order valence-electron chi connectivity index (χ1n) is 10.6. The maximum atomic E-state index is 14.7. The van der Waals surface area contributed by atoms with Gasteiger partial charge in [0.1, 0.15) is 17.3 Å². The number of methoxy groups -OCH3 is 1. The van der Waals surface area contributed by atoms with Crippen molar-refractivity contribution < 1.29 is 18.3 Å². The Bertz CT molecular complexity index is 1160. The molecular formula is C24H24F2N4O2. The Labute approximate surface area is 184 Å². The van der Waals surface area contributed by atoms with Crippen LogP contribution in [0.25, 0.3) is 22.2 Å². The van der Waals surface area contributed by atoms with E-state index in [-0.39, 0.29) is 11.6 Å². The molecule has 1 atom stereocenters. The van der Waals surface area contributed by atoms with Gasteiger partial charge in [0, 0.05) is 28.8 Å².